The van der Waals surface area contributed by atoms with Crippen LogP contribution in [0.2, 0.25) is 0 Å². The van der Waals surface area contributed by atoms with Gasteiger partial charge >= 0.3 is 12.1 Å². The highest BCUT2D eigenvalue weighted by atomic mass is 16.6. The Kier molecular flexibility index (Phi) is 7.70. The van der Waals surface area contributed by atoms with Crippen LogP contribution in [0.3, 0.4) is 0 Å². The van der Waals surface area contributed by atoms with E-state index < -0.39 is 12.1 Å². The Bertz CT molecular complexity index is 1420. The quantitative estimate of drug-likeness (QED) is 0.302. The topological polar surface area (TPSA) is 67.9 Å². The Labute approximate surface area is 223 Å². The monoisotopic (exact) mass is 508 g/mol. The maximum absolute atomic E-state index is 13.2. The number of ether oxygens (including phenoxy) is 2. The molecular weight excluding hydrogens is 476 g/mol. The van der Waals surface area contributed by atoms with E-state index in [0.717, 1.165) is 6.54 Å². The molecule has 1 aliphatic rings. The molecule has 1 aliphatic heterocycles. The molecule has 3 atom stereocenters. The number of benzene rings is 4. The van der Waals surface area contributed by atoms with Crippen molar-refractivity contribution in [2.45, 2.75) is 18.9 Å². The fraction of sp³-hybridized carbons (Fsp3) is 0.250. The zero-order valence-electron chi connectivity index (χ0n) is 21.7. The minimum absolute atomic E-state index is 0.144. The summed E-state index contributed by atoms with van der Waals surface area (Å²) < 4.78 is 10.5. The van der Waals surface area contributed by atoms with Gasteiger partial charge in [-0.1, -0.05) is 84.9 Å². The van der Waals surface area contributed by atoms with Gasteiger partial charge in [-0.3, -0.25) is 0 Å². The molecule has 1 N–H and O–H groups in total. The molecule has 6 heteroatoms. The smallest absolute Gasteiger partial charge is 0.415 e. The lowest BCUT2D eigenvalue weighted by Crippen LogP contribution is -2.33. The van der Waals surface area contributed by atoms with Crippen LogP contribution >= 0.6 is 0 Å². The van der Waals surface area contributed by atoms with Gasteiger partial charge in [-0.15, -0.1) is 0 Å². The number of esters is 1. The SMILES string of the molecule is COC(=O)c1ccccc1OC(=O)N1C[C@H](CN[C@H](C)c2cccc3ccccc23)[C@@H](c2ccccc2)C1. The lowest BCUT2D eigenvalue weighted by molar-refractivity contribution is 0.0597. The molecule has 6 nitrogen and oxygen atoms in total. The van der Waals surface area contributed by atoms with Gasteiger partial charge in [0, 0.05) is 31.6 Å². The summed E-state index contributed by atoms with van der Waals surface area (Å²) >= 11 is 0. The van der Waals surface area contributed by atoms with Crippen molar-refractivity contribution in [1.29, 1.82) is 0 Å². The van der Waals surface area contributed by atoms with Crippen LogP contribution in [0.15, 0.2) is 97.1 Å². The lowest BCUT2D eigenvalue weighted by Gasteiger charge is -2.23. The average molecular weight is 509 g/mol. The Morgan fingerprint density at radius 3 is 2.42 bits per heavy atom. The van der Waals surface area contributed by atoms with E-state index in [2.05, 4.69) is 66.8 Å². The van der Waals surface area contributed by atoms with Crippen molar-refractivity contribution in [3.63, 3.8) is 0 Å². The maximum Gasteiger partial charge on any atom is 0.415 e. The predicted octanol–water partition coefficient (Wildman–Crippen LogP) is 6.19. The summed E-state index contributed by atoms with van der Waals surface area (Å²) in [6.45, 7) is 4.02. The van der Waals surface area contributed by atoms with E-state index in [9.17, 15) is 9.59 Å². The lowest BCUT2D eigenvalue weighted by atomic mass is 9.88. The fourth-order valence-corrected chi connectivity index (χ4v) is 5.36. The Morgan fingerprint density at radius 2 is 1.61 bits per heavy atom. The summed E-state index contributed by atoms with van der Waals surface area (Å²) in [5.41, 5.74) is 2.68. The van der Waals surface area contributed by atoms with Gasteiger partial charge in [0.1, 0.15) is 11.3 Å². The van der Waals surface area contributed by atoms with Gasteiger partial charge in [-0.25, -0.2) is 9.59 Å². The third-order valence-corrected chi connectivity index (χ3v) is 7.39. The van der Waals surface area contributed by atoms with Gasteiger partial charge in [-0.05, 0) is 46.9 Å². The molecule has 38 heavy (non-hydrogen) atoms. The van der Waals surface area contributed by atoms with Gasteiger partial charge in [0.25, 0.3) is 0 Å². The standard InChI is InChI=1S/C32H32N2O4/c1-22(26-17-10-14-23-13-6-7-15-27(23)26)33-19-25-20-34(21-29(25)24-11-4-3-5-12-24)32(36)38-30-18-9-8-16-28(30)31(35)37-2/h3-18,22,25,29,33H,19-21H2,1-2H3/t22-,25+,29-/m1/s1. The molecule has 4 aromatic carbocycles. The van der Waals surface area contributed by atoms with Crippen molar-refractivity contribution in [2.75, 3.05) is 26.7 Å². The first-order chi connectivity index (χ1) is 18.5. The van der Waals surface area contributed by atoms with E-state index in [1.54, 1.807) is 29.2 Å². The summed E-state index contributed by atoms with van der Waals surface area (Å²) in [7, 11) is 1.31. The normalized spacial score (nSPS) is 17.8. The zero-order chi connectivity index (χ0) is 26.5. The molecule has 194 valence electrons. The molecule has 0 aromatic heterocycles. The molecule has 4 aromatic rings. The van der Waals surface area contributed by atoms with Crippen LogP contribution in [-0.2, 0) is 4.74 Å². The highest BCUT2D eigenvalue weighted by Gasteiger charge is 2.37. The van der Waals surface area contributed by atoms with E-state index >= 15 is 0 Å². The third kappa shape index (κ3) is 5.41. The zero-order valence-corrected chi connectivity index (χ0v) is 21.7. The molecule has 0 saturated carbocycles. The summed E-state index contributed by atoms with van der Waals surface area (Å²) in [5.74, 6) is 0.0123. The minimum Gasteiger partial charge on any atom is -0.465 e. The number of hydrogen-bond donors (Lipinski definition) is 1. The van der Waals surface area contributed by atoms with E-state index in [0.29, 0.717) is 13.1 Å². The van der Waals surface area contributed by atoms with Crippen LogP contribution in [0.1, 0.15) is 40.4 Å². The van der Waals surface area contributed by atoms with Gasteiger partial charge in [-0.2, -0.15) is 0 Å². The molecule has 0 spiro atoms. The van der Waals surface area contributed by atoms with Crippen molar-refractivity contribution in [3.05, 3.63) is 114 Å². The number of para-hydroxylation sites is 1. The highest BCUT2D eigenvalue weighted by Crippen LogP contribution is 2.34. The second-order valence-electron chi connectivity index (χ2n) is 9.74. The van der Waals surface area contributed by atoms with Crippen LogP contribution in [-0.4, -0.2) is 43.7 Å². The average Bonchev–Trinajstić information content (AvgIpc) is 3.40. The summed E-state index contributed by atoms with van der Waals surface area (Å²) in [5, 5.41) is 6.20. The van der Waals surface area contributed by atoms with Crippen LogP contribution in [0.4, 0.5) is 4.79 Å². The van der Waals surface area contributed by atoms with E-state index in [-0.39, 0.29) is 29.2 Å². The Hall–Kier alpha value is -4.16. The Balaban J connectivity index is 1.32. The predicted molar refractivity (Wildman–Crippen MR) is 148 cm³/mol. The molecule has 1 saturated heterocycles. The third-order valence-electron chi connectivity index (χ3n) is 7.39. The van der Waals surface area contributed by atoms with Crippen molar-refractivity contribution >= 4 is 22.8 Å². The van der Waals surface area contributed by atoms with E-state index in [1.807, 2.05) is 18.2 Å². The number of methoxy groups -OCH3 is 1. The van der Waals surface area contributed by atoms with Gasteiger partial charge in [0.2, 0.25) is 0 Å². The van der Waals surface area contributed by atoms with E-state index in [4.69, 9.17) is 9.47 Å². The number of fused-ring (bicyclic) bond motifs is 1. The van der Waals surface area contributed by atoms with Crippen LogP contribution in [0.5, 0.6) is 5.75 Å². The number of rotatable bonds is 7. The first kappa shape index (κ1) is 25.5. The van der Waals surface area contributed by atoms with Crippen molar-refractivity contribution in [3.8, 4) is 5.75 Å². The number of carbonyl (C=O) groups excluding carboxylic acids is 2. The number of amides is 1. The maximum atomic E-state index is 13.2. The van der Waals surface area contributed by atoms with Crippen molar-refractivity contribution in [2.24, 2.45) is 5.92 Å². The molecule has 0 radical (unpaired) electrons. The summed E-state index contributed by atoms with van der Waals surface area (Å²) in [4.78, 5) is 27.1. The van der Waals surface area contributed by atoms with Crippen molar-refractivity contribution < 1.29 is 19.1 Å². The molecule has 0 unspecified atom stereocenters. The number of nitrogens with one attached hydrogen (secondary N) is 1. The molecule has 5 rings (SSSR count). The molecular formula is C32H32N2O4. The minimum atomic E-state index is -0.540. The van der Waals surface area contributed by atoms with E-state index in [1.165, 1.54) is 29.0 Å². The molecule has 1 fully saturated rings. The Morgan fingerprint density at radius 1 is 0.895 bits per heavy atom. The summed E-state index contributed by atoms with van der Waals surface area (Å²) in [6, 6.07) is 31.9. The van der Waals surface area contributed by atoms with Gasteiger partial charge in [0.05, 0.1) is 7.11 Å². The van der Waals surface area contributed by atoms with Gasteiger partial charge in [0.15, 0.2) is 0 Å². The molecule has 1 amide bonds. The van der Waals surface area contributed by atoms with Crippen LogP contribution in [0, 0.1) is 5.92 Å². The molecule has 1 heterocycles. The first-order valence-corrected chi connectivity index (χ1v) is 12.9. The number of hydrogen-bond acceptors (Lipinski definition) is 5. The fourth-order valence-electron chi connectivity index (χ4n) is 5.36. The second-order valence-corrected chi connectivity index (χ2v) is 9.74. The second kappa shape index (κ2) is 11.5. The number of nitrogens with zero attached hydrogens (tertiary/aromatic N) is 1. The van der Waals surface area contributed by atoms with Crippen LogP contribution in [0.25, 0.3) is 10.8 Å². The number of carbonyl (C=O) groups is 2. The highest BCUT2D eigenvalue weighted by molar-refractivity contribution is 5.93. The molecule has 0 aliphatic carbocycles. The molecule has 0 bridgehead atoms. The first-order valence-electron chi connectivity index (χ1n) is 12.9. The summed E-state index contributed by atoms with van der Waals surface area (Å²) in [6.07, 6.45) is -0.466. The van der Waals surface area contributed by atoms with Crippen LogP contribution < -0.4 is 10.1 Å². The number of likely N-dealkylation sites (tertiary alicyclic amines) is 1. The van der Waals surface area contributed by atoms with Crippen molar-refractivity contribution in [1.82, 2.24) is 10.2 Å². The largest absolute Gasteiger partial charge is 0.465 e. The van der Waals surface area contributed by atoms with Gasteiger partial charge < -0.3 is 19.7 Å².